The summed E-state index contributed by atoms with van der Waals surface area (Å²) in [5, 5.41) is 9.89. The molecule has 2 aliphatic rings. The number of benzene rings is 1. The number of rotatable bonds is 4. The van der Waals surface area contributed by atoms with E-state index in [2.05, 4.69) is 38.7 Å². The zero-order chi connectivity index (χ0) is 15.9. The maximum absolute atomic E-state index is 9.89. The van der Waals surface area contributed by atoms with Crippen LogP contribution in [0.2, 0.25) is 0 Å². The number of hydrogen-bond donors (Lipinski definition) is 1. The molecule has 1 fully saturated rings. The summed E-state index contributed by atoms with van der Waals surface area (Å²) in [6, 6.07) is 6.54. The second-order valence-electron chi connectivity index (χ2n) is 7.33. The highest BCUT2D eigenvalue weighted by molar-refractivity contribution is 5.44. The van der Waals surface area contributed by atoms with Gasteiger partial charge in [-0.2, -0.15) is 0 Å². The van der Waals surface area contributed by atoms with Gasteiger partial charge >= 0.3 is 0 Å². The number of hydrogen-bond acceptors (Lipinski definition) is 3. The summed E-state index contributed by atoms with van der Waals surface area (Å²) in [6.07, 6.45) is 2.54. The zero-order valence-corrected chi connectivity index (χ0v) is 14.3. The standard InChI is InChI=1S/C19H29NO2/c1-5-22-13(2)12-20-9-8-19(4)14(3)18(20)10-15-6-7-16(21)11-17(15)19/h6-7,11,13-14,18,21H,5,8-10,12H2,1-4H3/t13-,14+,18+,19-/m0/s1. The molecule has 1 N–H and O–H groups in total. The number of ether oxygens (including phenoxy) is 1. The molecule has 1 saturated heterocycles. The predicted molar refractivity (Wildman–Crippen MR) is 89.4 cm³/mol. The molecular weight excluding hydrogens is 274 g/mol. The highest BCUT2D eigenvalue weighted by Crippen LogP contribution is 2.49. The van der Waals surface area contributed by atoms with Gasteiger partial charge in [0, 0.05) is 19.2 Å². The van der Waals surface area contributed by atoms with E-state index in [9.17, 15) is 5.11 Å². The Bertz CT molecular complexity index is 544. The highest BCUT2D eigenvalue weighted by Gasteiger charge is 2.48. The third-order valence-corrected chi connectivity index (χ3v) is 6.05. The smallest absolute Gasteiger partial charge is 0.115 e. The van der Waals surface area contributed by atoms with Gasteiger partial charge in [-0.15, -0.1) is 0 Å². The lowest BCUT2D eigenvalue weighted by molar-refractivity contribution is -0.0164. The van der Waals surface area contributed by atoms with Crippen molar-refractivity contribution in [2.75, 3.05) is 19.7 Å². The van der Waals surface area contributed by atoms with E-state index in [0.717, 1.165) is 32.5 Å². The van der Waals surface area contributed by atoms with E-state index in [1.807, 2.05) is 12.1 Å². The van der Waals surface area contributed by atoms with Crippen LogP contribution in [0.3, 0.4) is 0 Å². The van der Waals surface area contributed by atoms with Gasteiger partial charge in [-0.05, 0) is 67.8 Å². The molecule has 3 heteroatoms. The molecule has 22 heavy (non-hydrogen) atoms. The molecule has 1 aliphatic carbocycles. The molecule has 0 radical (unpaired) electrons. The topological polar surface area (TPSA) is 32.7 Å². The Labute approximate surface area is 134 Å². The molecule has 0 aromatic heterocycles. The number of aromatic hydroxyl groups is 1. The Morgan fingerprint density at radius 3 is 2.95 bits per heavy atom. The van der Waals surface area contributed by atoms with Crippen LogP contribution in [0.5, 0.6) is 5.75 Å². The van der Waals surface area contributed by atoms with Crippen LogP contribution in [-0.2, 0) is 16.6 Å². The van der Waals surface area contributed by atoms with Gasteiger partial charge in [0.1, 0.15) is 5.75 Å². The van der Waals surface area contributed by atoms with Crippen LogP contribution in [0.25, 0.3) is 0 Å². The minimum absolute atomic E-state index is 0.183. The Morgan fingerprint density at radius 1 is 1.45 bits per heavy atom. The van der Waals surface area contributed by atoms with Gasteiger partial charge in [-0.25, -0.2) is 0 Å². The predicted octanol–water partition coefficient (Wildman–Crippen LogP) is 3.34. The van der Waals surface area contributed by atoms with Crippen molar-refractivity contribution < 1.29 is 9.84 Å². The summed E-state index contributed by atoms with van der Waals surface area (Å²) in [7, 11) is 0. The fourth-order valence-corrected chi connectivity index (χ4v) is 4.59. The highest BCUT2D eigenvalue weighted by atomic mass is 16.5. The zero-order valence-electron chi connectivity index (χ0n) is 14.3. The molecule has 0 spiro atoms. The van der Waals surface area contributed by atoms with E-state index in [-0.39, 0.29) is 5.41 Å². The number of phenols is 1. The van der Waals surface area contributed by atoms with Gasteiger partial charge in [-0.1, -0.05) is 19.9 Å². The van der Waals surface area contributed by atoms with Crippen LogP contribution in [0.15, 0.2) is 18.2 Å². The third kappa shape index (κ3) is 2.55. The van der Waals surface area contributed by atoms with Crippen LogP contribution in [0.4, 0.5) is 0 Å². The lowest BCUT2D eigenvalue weighted by atomic mass is 9.59. The molecule has 1 heterocycles. The summed E-state index contributed by atoms with van der Waals surface area (Å²) < 4.78 is 5.75. The van der Waals surface area contributed by atoms with E-state index >= 15 is 0 Å². The first-order valence-electron chi connectivity index (χ1n) is 8.63. The molecule has 1 aliphatic heterocycles. The molecule has 4 atom stereocenters. The van der Waals surface area contributed by atoms with E-state index in [1.54, 1.807) is 0 Å². The van der Waals surface area contributed by atoms with Crippen molar-refractivity contribution >= 4 is 0 Å². The Balaban J connectivity index is 1.88. The minimum Gasteiger partial charge on any atom is -0.508 e. The van der Waals surface area contributed by atoms with E-state index < -0.39 is 0 Å². The molecular formula is C19H29NO2. The minimum atomic E-state index is 0.183. The van der Waals surface area contributed by atoms with E-state index in [1.165, 1.54) is 11.1 Å². The van der Waals surface area contributed by atoms with Crippen LogP contribution >= 0.6 is 0 Å². The van der Waals surface area contributed by atoms with Crippen molar-refractivity contribution in [1.82, 2.24) is 4.90 Å². The first-order chi connectivity index (χ1) is 10.5. The van der Waals surface area contributed by atoms with Gasteiger partial charge in [0.15, 0.2) is 0 Å². The first kappa shape index (κ1) is 15.8. The average molecular weight is 303 g/mol. The van der Waals surface area contributed by atoms with Gasteiger partial charge < -0.3 is 9.84 Å². The average Bonchev–Trinajstić information content (AvgIpc) is 2.47. The normalized spacial score (nSPS) is 32.5. The fraction of sp³-hybridized carbons (Fsp3) is 0.684. The SMILES string of the molecule is CCO[C@@H](C)CN1CC[C@]2(C)c3cc(O)ccc3C[C@@H]1[C@H]2C. The van der Waals surface area contributed by atoms with Gasteiger partial charge in [0.25, 0.3) is 0 Å². The quantitative estimate of drug-likeness (QED) is 0.926. The number of likely N-dealkylation sites (tertiary alicyclic amines) is 1. The molecule has 3 rings (SSSR count). The van der Waals surface area contributed by atoms with Gasteiger partial charge in [0.2, 0.25) is 0 Å². The second-order valence-corrected chi connectivity index (χ2v) is 7.33. The molecule has 0 saturated carbocycles. The maximum Gasteiger partial charge on any atom is 0.115 e. The number of piperidine rings is 1. The van der Waals surface area contributed by atoms with Crippen LogP contribution in [0, 0.1) is 5.92 Å². The van der Waals surface area contributed by atoms with Crippen molar-refractivity contribution in [3.63, 3.8) is 0 Å². The summed E-state index contributed by atoms with van der Waals surface area (Å²) in [4.78, 5) is 2.63. The Hall–Kier alpha value is -1.06. The largest absolute Gasteiger partial charge is 0.508 e. The first-order valence-corrected chi connectivity index (χ1v) is 8.63. The molecule has 122 valence electrons. The summed E-state index contributed by atoms with van der Waals surface area (Å²) in [5.41, 5.74) is 2.97. The van der Waals surface area contributed by atoms with Gasteiger partial charge in [-0.3, -0.25) is 4.90 Å². The molecule has 0 unspecified atom stereocenters. The summed E-state index contributed by atoms with van der Waals surface area (Å²) in [5.74, 6) is 1.00. The van der Waals surface area contributed by atoms with Gasteiger partial charge in [0.05, 0.1) is 6.10 Å². The maximum atomic E-state index is 9.89. The number of fused-ring (bicyclic) bond motifs is 4. The molecule has 2 bridgehead atoms. The monoisotopic (exact) mass is 303 g/mol. The van der Waals surface area contributed by atoms with Crippen LogP contribution in [0.1, 0.15) is 45.2 Å². The van der Waals surface area contributed by atoms with Crippen molar-refractivity contribution in [1.29, 1.82) is 0 Å². The lowest BCUT2D eigenvalue weighted by Crippen LogP contribution is -2.59. The molecule has 1 aromatic carbocycles. The van der Waals surface area contributed by atoms with Crippen molar-refractivity contribution in [3.8, 4) is 5.75 Å². The Kier molecular flexibility index (Phi) is 4.21. The Morgan fingerprint density at radius 2 is 2.23 bits per heavy atom. The number of nitrogens with zero attached hydrogens (tertiary/aromatic N) is 1. The van der Waals surface area contributed by atoms with Crippen molar-refractivity contribution in [2.24, 2.45) is 5.92 Å². The fourth-order valence-electron chi connectivity index (χ4n) is 4.59. The summed E-state index contributed by atoms with van der Waals surface area (Å²) in [6.45, 7) is 11.9. The number of phenolic OH excluding ortho intramolecular Hbond substituents is 1. The molecule has 3 nitrogen and oxygen atoms in total. The third-order valence-electron chi connectivity index (χ3n) is 6.05. The summed E-state index contributed by atoms with van der Waals surface area (Å²) >= 11 is 0. The van der Waals surface area contributed by atoms with E-state index in [4.69, 9.17) is 4.74 Å². The van der Waals surface area contributed by atoms with E-state index in [0.29, 0.717) is 23.8 Å². The van der Waals surface area contributed by atoms with Crippen molar-refractivity contribution in [3.05, 3.63) is 29.3 Å². The van der Waals surface area contributed by atoms with Crippen molar-refractivity contribution in [2.45, 2.75) is 58.1 Å². The van der Waals surface area contributed by atoms with Crippen LogP contribution in [-0.4, -0.2) is 41.8 Å². The van der Waals surface area contributed by atoms with Crippen LogP contribution < -0.4 is 0 Å². The molecule has 1 aromatic rings. The lowest BCUT2D eigenvalue weighted by Gasteiger charge is -2.55. The molecule has 0 amide bonds. The second kappa shape index (κ2) is 5.86.